The number of likely N-dealkylation sites (N-methyl/N-ethyl adjacent to an activating group) is 1. The van der Waals surface area contributed by atoms with E-state index in [0.29, 0.717) is 11.3 Å². The second-order valence-corrected chi connectivity index (χ2v) is 3.78. The van der Waals surface area contributed by atoms with Gasteiger partial charge >= 0.3 is 12.0 Å². The van der Waals surface area contributed by atoms with E-state index in [-0.39, 0.29) is 13.1 Å². The van der Waals surface area contributed by atoms with Gasteiger partial charge in [0.25, 0.3) is 0 Å². The van der Waals surface area contributed by atoms with Crippen molar-refractivity contribution in [1.82, 2.24) is 4.90 Å². The van der Waals surface area contributed by atoms with Crippen LogP contribution in [0.3, 0.4) is 0 Å². The summed E-state index contributed by atoms with van der Waals surface area (Å²) in [7, 11) is 0. The Morgan fingerprint density at radius 2 is 1.84 bits per heavy atom. The second-order valence-electron chi connectivity index (χ2n) is 3.78. The molecule has 0 saturated carbocycles. The Morgan fingerprint density at radius 1 is 1.26 bits per heavy atom. The average molecular weight is 265 g/mol. The summed E-state index contributed by atoms with van der Waals surface area (Å²) in [5.74, 6) is -1.64. The van der Waals surface area contributed by atoms with Crippen LogP contribution in [0.1, 0.15) is 17.3 Å². The number of carboxylic acids is 1. The first-order valence-electron chi connectivity index (χ1n) is 5.61. The van der Waals surface area contributed by atoms with E-state index in [1.165, 1.54) is 24.3 Å². The number of anilines is 1. The van der Waals surface area contributed by atoms with Gasteiger partial charge in [-0.25, -0.2) is 4.79 Å². The van der Waals surface area contributed by atoms with Gasteiger partial charge in [-0.1, -0.05) is 0 Å². The molecule has 0 aliphatic carbocycles. The molecule has 0 unspecified atom stereocenters. The molecule has 3 amide bonds. The Morgan fingerprint density at radius 3 is 2.26 bits per heavy atom. The molecule has 0 saturated heterocycles. The molecule has 1 rings (SSSR count). The third kappa shape index (κ3) is 4.30. The maximum atomic E-state index is 11.8. The summed E-state index contributed by atoms with van der Waals surface area (Å²) in [6.45, 7) is 1.58. The SMILES string of the molecule is CCN(CC(=O)O)C(=O)Nc1ccc(C(N)=O)cc1. The summed E-state index contributed by atoms with van der Waals surface area (Å²) in [5, 5.41) is 11.2. The van der Waals surface area contributed by atoms with Gasteiger partial charge in [-0.05, 0) is 31.2 Å². The summed E-state index contributed by atoms with van der Waals surface area (Å²) in [4.78, 5) is 34.3. The summed E-state index contributed by atoms with van der Waals surface area (Å²) >= 11 is 0. The predicted molar refractivity (Wildman–Crippen MR) is 68.9 cm³/mol. The quantitative estimate of drug-likeness (QED) is 0.728. The molecule has 102 valence electrons. The number of carbonyl (C=O) groups excluding carboxylic acids is 2. The first-order valence-corrected chi connectivity index (χ1v) is 5.61. The van der Waals surface area contributed by atoms with Crippen molar-refractivity contribution >= 4 is 23.6 Å². The van der Waals surface area contributed by atoms with E-state index in [1.54, 1.807) is 6.92 Å². The van der Waals surface area contributed by atoms with Gasteiger partial charge in [-0.3, -0.25) is 9.59 Å². The van der Waals surface area contributed by atoms with Crippen molar-refractivity contribution < 1.29 is 19.5 Å². The zero-order valence-corrected chi connectivity index (χ0v) is 10.4. The van der Waals surface area contributed by atoms with Gasteiger partial charge in [0.1, 0.15) is 6.54 Å². The lowest BCUT2D eigenvalue weighted by molar-refractivity contribution is -0.137. The number of hydrogen-bond acceptors (Lipinski definition) is 3. The summed E-state index contributed by atoms with van der Waals surface area (Å²) < 4.78 is 0. The number of aliphatic carboxylic acids is 1. The molecule has 0 bridgehead atoms. The van der Waals surface area contributed by atoms with Gasteiger partial charge in [-0.15, -0.1) is 0 Å². The van der Waals surface area contributed by atoms with Gasteiger partial charge in [-0.2, -0.15) is 0 Å². The van der Waals surface area contributed by atoms with Crippen LogP contribution in [-0.2, 0) is 4.79 Å². The third-order valence-corrected chi connectivity index (χ3v) is 2.42. The fourth-order valence-electron chi connectivity index (χ4n) is 1.41. The minimum Gasteiger partial charge on any atom is -0.480 e. The van der Waals surface area contributed by atoms with Crippen molar-refractivity contribution in [3.63, 3.8) is 0 Å². The van der Waals surface area contributed by atoms with E-state index in [2.05, 4.69) is 5.32 Å². The maximum absolute atomic E-state index is 11.8. The fourth-order valence-corrected chi connectivity index (χ4v) is 1.41. The van der Waals surface area contributed by atoms with Crippen LogP contribution in [0.5, 0.6) is 0 Å². The van der Waals surface area contributed by atoms with Crippen molar-refractivity contribution in [3.8, 4) is 0 Å². The van der Waals surface area contributed by atoms with Crippen LogP contribution < -0.4 is 11.1 Å². The number of carboxylic acid groups (broad SMARTS) is 1. The van der Waals surface area contributed by atoms with E-state index in [9.17, 15) is 14.4 Å². The van der Waals surface area contributed by atoms with Crippen molar-refractivity contribution in [1.29, 1.82) is 0 Å². The summed E-state index contributed by atoms with van der Waals surface area (Å²) in [6.07, 6.45) is 0. The Bertz CT molecular complexity index is 484. The number of hydrogen-bond donors (Lipinski definition) is 3. The molecule has 1 aromatic carbocycles. The molecular weight excluding hydrogens is 250 g/mol. The first-order chi connectivity index (χ1) is 8.93. The smallest absolute Gasteiger partial charge is 0.323 e. The van der Waals surface area contributed by atoms with Crippen LogP contribution in [0, 0.1) is 0 Å². The fraction of sp³-hybridized carbons (Fsp3) is 0.250. The number of amides is 3. The number of nitrogens with two attached hydrogens (primary N) is 1. The summed E-state index contributed by atoms with van der Waals surface area (Å²) in [5.41, 5.74) is 5.88. The van der Waals surface area contributed by atoms with E-state index in [0.717, 1.165) is 4.90 Å². The average Bonchev–Trinajstić information content (AvgIpc) is 2.36. The maximum Gasteiger partial charge on any atom is 0.323 e. The van der Waals surface area contributed by atoms with Gasteiger partial charge in [0.05, 0.1) is 0 Å². The molecule has 0 radical (unpaired) electrons. The minimum atomic E-state index is -1.08. The predicted octanol–water partition coefficient (Wildman–Crippen LogP) is 0.724. The van der Waals surface area contributed by atoms with Gasteiger partial charge in [0, 0.05) is 17.8 Å². The molecule has 0 atom stereocenters. The van der Waals surface area contributed by atoms with Crippen molar-refractivity contribution in [3.05, 3.63) is 29.8 Å². The third-order valence-electron chi connectivity index (χ3n) is 2.42. The molecule has 7 nitrogen and oxygen atoms in total. The zero-order chi connectivity index (χ0) is 14.4. The lowest BCUT2D eigenvalue weighted by Crippen LogP contribution is -2.38. The second kappa shape index (κ2) is 6.39. The van der Waals surface area contributed by atoms with E-state index < -0.39 is 17.9 Å². The Hall–Kier alpha value is -2.57. The number of nitrogens with one attached hydrogen (secondary N) is 1. The monoisotopic (exact) mass is 265 g/mol. The van der Waals surface area contributed by atoms with Crippen molar-refractivity contribution in [2.24, 2.45) is 5.73 Å². The van der Waals surface area contributed by atoms with Crippen LogP contribution in [0.2, 0.25) is 0 Å². The Balaban J connectivity index is 2.70. The van der Waals surface area contributed by atoms with Gasteiger partial charge < -0.3 is 21.1 Å². The number of benzene rings is 1. The Kier molecular flexibility index (Phi) is 4.87. The standard InChI is InChI=1S/C12H15N3O4/c1-2-15(7-10(16)17)12(19)14-9-5-3-8(4-6-9)11(13)18/h3-6H,2,7H2,1H3,(H2,13,18)(H,14,19)(H,16,17). The Labute approximate surface area is 110 Å². The molecule has 0 spiro atoms. The molecule has 0 aliphatic rings. The lowest BCUT2D eigenvalue weighted by atomic mass is 10.2. The highest BCUT2D eigenvalue weighted by atomic mass is 16.4. The normalized spacial score (nSPS) is 9.74. The molecule has 0 aromatic heterocycles. The number of carbonyl (C=O) groups is 3. The summed E-state index contributed by atoms with van der Waals surface area (Å²) in [6, 6.07) is 5.48. The van der Waals surface area contributed by atoms with Crippen LogP contribution in [-0.4, -0.2) is 41.0 Å². The van der Waals surface area contributed by atoms with E-state index in [4.69, 9.17) is 10.8 Å². The van der Waals surface area contributed by atoms with Crippen molar-refractivity contribution in [2.45, 2.75) is 6.92 Å². The molecule has 7 heteroatoms. The van der Waals surface area contributed by atoms with Crippen LogP contribution in [0.25, 0.3) is 0 Å². The first kappa shape index (κ1) is 14.5. The topological polar surface area (TPSA) is 113 Å². The molecule has 19 heavy (non-hydrogen) atoms. The molecule has 4 N–H and O–H groups in total. The van der Waals surface area contributed by atoms with Gasteiger partial charge in [0.2, 0.25) is 5.91 Å². The van der Waals surface area contributed by atoms with E-state index >= 15 is 0 Å². The molecular formula is C12H15N3O4. The highest BCUT2D eigenvalue weighted by Crippen LogP contribution is 2.10. The molecule has 1 aromatic rings. The van der Waals surface area contributed by atoms with Crippen LogP contribution >= 0.6 is 0 Å². The minimum absolute atomic E-state index is 0.275. The van der Waals surface area contributed by atoms with Crippen LogP contribution in [0.4, 0.5) is 10.5 Å². The molecule has 0 aliphatic heterocycles. The molecule has 0 heterocycles. The van der Waals surface area contributed by atoms with Crippen LogP contribution in [0.15, 0.2) is 24.3 Å². The number of rotatable bonds is 5. The highest BCUT2D eigenvalue weighted by Gasteiger charge is 2.14. The number of primary amides is 1. The number of nitrogens with zero attached hydrogens (tertiary/aromatic N) is 1. The van der Waals surface area contributed by atoms with Gasteiger partial charge in [0.15, 0.2) is 0 Å². The van der Waals surface area contributed by atoms with Crippen molar-refractivity contribution in [2.75, 3.05) is 18.4 Å². The highest BCUT2D eigenvalue weighted by molar-refractivity contribution is 5.94. The zero-order valence-electron chi connectivity index (χ0n) is 10.4. The number of urea groups is 1. The largest absolute Gasteiger partial charge is 0.480 e. The van der Waals surface area contributed by atoms with E-state index in [1.807, 2.05) is 0 Å². The molecule has 0 fully saturated rings. The lowest BCUT2D eigenvalue weighted by Gasteiger charge is -2.19.